The molecule has 7 rings (SSSR count). The zero-order valence-corrected chi connectivity index (χ0v) is 24.1. The lowest BCUT2D eigenvalue weighted by atomic mass is 10.0. The molecule has 0 radical (unpaired) electrons. The van der Waals surface area contributed by atoms with Gasteiger partial charge in [-0.05, 0) is 55.8 Å². The summed E-state index contributed by atoms with van der Waals surface area (Å²) in [4.78, 5) is 20.6. The van der Waals surface area contributed by atoms with Crippen LogP contribution >= 0.6 is 0 Å². The highest BCUT2D eigenvalue weighted by Crippen LogP contribution is 2.43. The molecular formula is C31H31N5O4S. The Morgan fingerprint density at radius 2 is 1.80 bits per heavy atom. The van der Waals surface area contributed by atoms with Crippen molar-refractivity contribution in [3.63, 3.8) is 0 Å². The molecule has 1 amide bonds. The Morgan fingerprint density at radius 1 is 1.00 bits per heavy atom. The number of benzene rings is 3. The highest BCUT2D eigenvalue weighted by Gasteiger charge is 2.40. The van der Waals surface area contributed by atoms with E-state index in [9.17, 15) is 13.2 Å². The zero-order chi connectivity index (χ0) is 28.5. The van der Waals surface area contributed by atoms with Crippen LogP contribution in [0.4, 0.5) is 5.69 Å². The maximum absolute atomic E-state index is 13.5. The number of amides is 1. The van der Waals surface area contributed by atoms with Gasteiger partial charge in [0.05, 0.1) is 40.8 Å². The number of rotatable bonds is 5. The molecule has 210 valence electrons. The van der Waals surface area contributed by atoms with Gasteiger partial charge in [0.25, 0.3) is 0 Å². The number of nitrogens with zero attached hydrogens (tertiary/aromatic N) is 5. The molecule has 2 fully saturated rings. The molecule has 41 heavy (non-hydrogen) atoms. The zero-order valence-electron chi connectivity index (χ0n) is 23.2. The topological polar surface area (TPSA) is 102 Å². The Morgan fingerprint density at radius 3 is 2.56 bits per heavy atom. The minimum atomic E-state index is -3.33. The maximum atomic E-state index is 13.5. The van der Waals surface area contributed by atoms with Crippen molar-refractivity contribution in [2.45, 2.75) is 45.2 Å². The first kappa shape index (κ1) is 25.9. The van der Waals surface area contributed by atoms with Crippen LogP contribution in [0.15, 0.2) is 65.2 Å². The van der Waals surface area contributed by atoms with E-state index in [4.69, 9.17) is 9.51 Å². The van der Waals surface area contributed by atoms with Crippen molar-refractivity contribution in [1.29, 1.82) is 0 Å². The summed E-state index contributed by atoms with van der Waals surface area (Å²) in [6.45, 7) is 4.65. The van der Waals surface area contributed by atoms with Crippen molar-refractivity contribution < 1.29 is 17.7 Å². The quantitative estimate of drug-likeness (QED) is 0.276. The van der Waals surface area contributed by atoms with Gasteiger partial charge >= 0.3 is 0 Å². The summed E-state index contributed by atoms with van der Waals surface area (Å²) in [5, 5.41) is 6.21. The minimum Gasteiger partial charge on any atom is -0.361 e. The number of aryl methyl sites for hydroxylation is 2. The molecule has 10 heteroatoms. The Balaban J connectivity index is 1.41. The molecule has 2 atom stereocenters. The van der Waals surface area contributed by atoms with E-state index in [1.807, 2.05) is 61.2 Å². The van der Waals surface area contributed by atoms with E-state index in [1.165, 1.54) is 10.6 Å². The Hall–Kier alpha value is -4.02. The van der Waals surface area contributed by atoms with Crippen molar-refractivity contribution in [3.8, 4) is 11.1 Å². The van der Waals surface area contributed by atoms with Gasteiger partial charge in [-0.3, -0.25) is 4.79 Å². The summed E-state index contributed by atoms with van der Waals surface area (Å²) in [7, 11) is -3.33. The largest absolute Gasteiger partial charge is 0.361 e. The number of aromatic nitrogens is 3. The number of hydrogen-bond donors (Lipinski definition) is 0. The SMILES string of the molecule is Cc1noc(C)c1-c1ccc2c(c1)nc([C@@H]1CCC(=O)N1c1cccc3ccccc13)n2[C@@H]1CCN(S(C)(=O)=O)C1. The second-order valence-corrected chi connectivity index (χ2v) is 13.1. The fourth-order valence-corrected chi connectivity index (χ4v) is 7.54. The Bertz CT molecular complexity index is 1920. The molecule has 9 nitrogen and oxygen atoms in total. The molecule has 2 aliphatic heterocycles. The highest BCUT2D eigenvalue weighted by molar-refractivity contribution is 7.88. The van der Waals surface area contributed by atoms with Crippen LogP contribution < -0.4 is 4.90 Å². The molecule has 0 saturated carbocycles. The van der Waals surface area contributed by atoms with Gasteiger partial charge in [0, 0.05) is 30.5 Å². The van der Waals surface area contributed by atoms with Crippen LogP contribution in [0.25, 0.3) is 32.9 Å². The highest BCUT2D eigenvalue weighted by atomic mass is 32.2. The number of carbonyl (C=O) groups is 1. The lowest BCUT2D eigenvalue weighted by molar-refractivity contribution is -0.117. The molecule has 2 aliphatic rings. The van der Waals surface area contributed by atoms with Crippen molar-refractivity contribution in [1.82, 2.24) is 19.0 Å². The summed E-state index contributed by atoms with van der Waals surface area (Å²) >= 11 is 0. The van der Waals surface area contributed by atoms with E-state index in [2.05, 4.69) is 27.9 Å². The smallest absolute Gasteiger partial charge is 0.227 e. The normalized spacial score (nSPS) is 20.2. The number of sulfonamides is 1. The first-order valence-corrected chi connectivity index (χ1v) is 15.8. The molecule has 0 spiro atoms. The van der Waals surface area contributed by atoms with Gasteiger partial charge in [0.15, 0.2) is 0 Å². The van der Waals surface area contributed by atoms with Gasteiger partial charge in [-0.25, -0.2) is 17.7 Å². The van der Waals surface area contributed by atoms with Gasteiger partial charge in [-0.2, -0.15) is 0 Å². The van der Waals surface area contributed by atoms with Crippen molar-refractivity contribution in [2.24, 2.45) is 0 Å². The monoisotopic (exact) mass is 569 g/mol. The standard InChI is InChI=1S/C31H31N5O4S/c1-19-30(20(2)40-33-19)22-11-12-27-25(17-22)32-31(35(27)23-15-16-34(18-23)41(3,38)39)28-13-14-29(37)36(28)26-10-6-8-21-7-4-5-9-24(21)26/h4-12,17,23,28H,13-16,18H2,1-3H3/t23-,28+/m1/s1. The van der Waals surface area contributed by atoms with Crippen molar-refractivity contribution in [2.75, 3.05) is 24.2 Å². The van der Waals surface area contributed by atoms with Crippen LogP contribution in [0.2, 0.25) is 0 Å². The van der Waals surface area contributed by atoms with E-state index in [0.29, 0.717) is 32.4 Å². The third-order valence-corrected chi connectivity index (χ3v) is 9.80. The summed E-state index contributed by atoms with van der Waals surface area (Å²) in [6.07, 6.45) is 2.98. The Kier molecular flexibility index (Phi) is 6.02. The second-order valence-electron chi connectivity index (χ2n) is 11.1. The molecule has 0 bridgehead atoms. The summed E-state index contributed by atoms with van der Waals surface area (Å²) in [5.74, 6) is 1.59. The van der Waals surface area contributed by atoms with Gasteiger partial charge in [0.1, 0.15) is 11.6 Å². The van der Waals surface area contributed by atoms with Crippen molar-refractivity contribution >= 4 is 43.4 Å². The fraction of sp³-hybridized carbons (Fsp3) is 0.323. The number of anilines is 1. The average Bonchev–Trinajstić information content (AvgIpc) is 3.73. The summed E-state index contributed by atoms with van der Waals surface area (Å²) in [6, 6.07) is 19.9. The van der Waals surface area contributed by atoms with Crippen LogP contribution in [-0.4, -0.2) is 52.7 Å². The number of carbonyl (C=O) groups excluding carboxylic acids is 1. The van der Waals surface area contributed by atoms with E-state index < -0.39 is 10.0 Å². The molecule has 4 heterocycles. The minimum absolute atomic E-state index is 0.0607. The first-order valence-electron chi connectivity index (χ1n) is 13.9. The van der Waals surface area contributed by atoms with Gasteiger partial charge in [-0.15, -0.1) is 0 Å². The van der Waals surface area contributed by atoms with Crippen LogP contribution in [0.1, 0.15) is 48.6 Å². The van der Waals surface area contributed by atoms with Gasteiger partial charge < -0.3 is 14.0 Å². The molecule has 0 aliphatic carbocycles. The predicted molar refractivity (Wildman–Crippen MR) is 158 cm³/mol. The Labute approximate surface area is 238 Å². The predicted octanol–water partition coefficient (Wildman–Crippen LogP) is 5.54. The summed E-state index contributed by atoms with van der Waals surface area (Å²) < 4.78 is 34.0. The average molecular weight is 570 g/mol. The summed E-state index contributed by atoms with van der Waals surface area (Å²) in [5.41, 5.74) is 5.31. The lowest BCUT2D eigenvalue weighted by Gasteiger charge is -2.28. The number of fused-ring (bicyclic) bond motifs is 2. The molecule has 5 aromatic rings. The lowest BCUT2D eigenvalue weighted by Crippen LogP contribution is -2.31. The third-order valence-electron chi connectivity index (χ3n) is 8.54. The van der Waals surface area contributed by atoms with E-state index in [1.54, 1.807) is 0 Å². The van der Waals surface area contributed by atoms with Crippen molar-refractivity contribution in [3.05, 3.63) is 77.9 Å². The van der Waals surface area contributed by atoms with Crippen LogP contribution in [0, 0.1) is 13.8 Å². The molecular weight excluding hydrogens is 538 g/mol. The molecule has 2 aromatic heterocycles. The molecule has 0 unspecified atom stereocenters. The van der Waals surface area contributed by atoms with E-state index in [-0.39, 0.29) is 18.0 Å². The van der Waals surface area contributed by atoms with Gasteiger partial charge in [-0.1, -0.05) is 47.6 Å². The first-order chi connectivity index (χ1) is 19.7. The molecule has 3 aromatic carbocycles. The van der Waals surface area contributed by atoms with Crippen LogP contribution in [0.3, 0.4) is 0 Å². The van der Waals surface area contributed by atoms with E-state index in [0.717, 1.165) is 55.9 Å². The second kappa shape index (κ2) is 9.53. The molecule has 2 saturated heterocycles. The van der Waals surface area contributed by atoms with Crippen LogP contribution in [-0.2, 0) is 14.8 Å². The van der Waals surface area contributed by atoms with Gasteiger partial charge in [0.2, 0.25) is 15.9 Å². The maximum Gasteiger partial charge on any atom is 0.227 e. The molecule has 0 N–H and O–H groups in total. The van der Waals surface area contributed by atoms with E-state index >= 15 is 0 Å². The van der Waals surface area contributed by atoms with Crippen LogP contribution in [0.5, 0.6) is 0 Å². The number of hydrogen-bond acceptors (Lipinski definition) is 6. The number of imidazole rings is 1. The fourth-order valence-electron chi connectivity index (χ4n) is 6.66. The third kappa shape index (κ3) is 4.24.